The summed E-state index contributed by atoms with van der Waals surface area (Å²) in [5.41, 5.74) is 4.66. The molecule has 0 saturated carbocycles. The molecule has 2 aromatic carbocycles. The standard InChI is InChI=1S/C21H24N4O/c1-16-10-11-19(13-17(16)2)21(18-7-4-3-5-8-18)24-20(26)9-6-12-25-15-22-14-23-25/h3-5,7-8,10-11,13-15,21H,6,9,12H2,1-2H3,(H,24,26)/t21-/m1/s1. The van der Waals surface area contributed by atoms with E-state index < -0.39 is 0 Å². The van der Waals surface area contributed by atoms with Gasteiger partial charge in [0.15, 0.2) is 0 Å². The van der Waals surface area contributed by atoms with Crippen LogP contribution in [0.25, 0.3) is 0 Å². The van der Waals surface area contributed by atoms with E-state index >= 15 is 0 Å². The highest BCUT2D eigenvalue weighted by molar-refractivity contribution is 5.77. The van der Waals surface area contributed by atoms with Gasteiger partial charge in [0.25, 0.3) is 0 Å². The fourth-order valence-electron chi connectivity index (χ4n) is 2.93. The molecule has 0 unspecified atom stereocenters. The van der Waals surface area contributed by atoms with Gasteiger partial charge in [0.05, 0.1) is 6.04 Å². The molecule has 3 aromatic rings. The van der Waals surface area contributed by atoms with E-state index in [4.69, 9.17) is 0 Å². The molecule has 134 valence electrons. The van der Waals surface area contributed by atoms with Gasteiger partial charge in [0.2, 0.25) is 5.91 Å². The highest BCUT2D eigenvalue weighted by Gasteiger charge is 2.17. The molecule has 1 heterocycles. The maximum atomic E-state index is 12.5. The highest BCUT2D eigenvalue weighted by Crippen LogP contribution is 2.24. The summed E-state index contributed by atoms with van der Waals surface area (Å²) < 4.78 is 1.74. The molecule has 0 aliphatic heterocycles. The minimum atomic E-state index is -0.144. The van der Waals surface area contributed by atoms with Gasteiger partial charge in [-0.15, -0.1) is 0 Å². The van der Waals surface area contributed by atoms with Gasteiger partial charge in [0, 0.05) is 13.0 Å². The Morgan fingerprint density at radius 2 is 1.88 bits per heavy atom. The van der Waals surface area contributed by atoms with Crippen LogP contribution in [0, 0.1) is 13.8 Å². The van der Waals surface area contributed by atoms with Crippen molar-refractivity contribution >= 4 is 5.91 Å². The SMILES string of the molecule is Cc1ccc([C@H](NC(=O)CCCn2cncn2)c2ccccc2)cc1C. The number of amides is 1. The molecule has 0 aliphatic carbocycles. The maximum absolute atomic E-state index is 12.5. The van der Waals surface area contributed by atoms with Gasteiger partial charge in [-0.3, -0.25) is 9.48 Å². The van der Waals surface area contributed by atoms with Crippen molar-refractivity contribution in [1.82, 2.24) is 20.1 Å². The van der Waals surface area contributed by atoms with Gasteiger partial charge in [0.1, 0.15) is 12.7 Å². The average molecular weight is 348 g/mol. The van der Waals surface area contributed by atoms with Gasteiger partial charge in [-0.1, -0.05) is 48.5 Å². The summed E-state index contributed by atoms with van der Waals surface area (Å²) in [5, 5.41) is 7.25. The molecule has 1 N–H and O–H groups in total. The van der Waals surface area contributed by atoms with Crippen LogP contribution in [0.4, 0.5) is 0 Å². The number of benzene rings is 2. The molecule has 1 atom stereocenters. The van der Waals surface area contributed by atoms with Gasteiger partial charge >= 0.3 is 0 Å². The molecule has 26 heavy (non-hydrogen) atoms. The lowest BCUT2D eigenvalue weighted by molar-refractivity contribution is -0.121. The van der Waals surface area contributed by atoms with Crippen LogP contribution in [0.15, 0.2) is 61.2 Å². The molecule has 1 aromatic heterocycles. The predicted molar refractivity (Wildman–Crippen MR) is 102 cm³/mol. The van der Waals surface area contributed by atoms with Crippen molar-refractivity contribution in [3.8, 4) is 0 Å². The lowest BCUT2D eigenvalue weighted by Gasteiger charge is -2.21. The first kappa shape index (κ1) is 17.9. The summed E-state index contributed by atoms with van der Waals surface area (Å²) in [4.78, 5) is 16.4. The fraction of sp³-hybridized carbons (Fsp3) is 0.286. The summed E-state index contributed by atoms with van der Waals surface area (Å²) in [7, 11) is 0. The van der Waals surface area contributed by atoms with Crippen LogP contribution in [-0.2, 0) is 11.3 Å². The lowest BCUT2D eigenvalue weighted by Crippen LogP contribution is -2.29. The second kappa shape index (κ2) is 8.43. The van der Waals surface area contributed by atoms with Crippen molar-refractivity contribution in [2.24, 2.45) is 0 Å². The quantitative estimate of drug-likeness (QED) is 0.710. The molecule has 0 bridgehead atoms. The van der Waals surface area contributed by atoms with Crippen LogP contribution in [0.5, 0.6) is 0 Å². The van der Waals surface area contributed by atoms with Gasteiger partial charge < -0.3 is 5.32 Å². The van der Waals surface area contributed by atoms with E-state index in [2.05, 4.69) is 59.6 Å². The largest absolute Gasteiger partial charge is 0.345 e. The summed E-state index contributed by atoms with van der Waals surface area (Å²) in [5.74, 6) is 0.0391. The molecule has 0 saturated heterocycles. The van der Waals surface area contributed by atoms with E-state index in [9.17, 15) is 4.79 Å². The molecule has 0 spiro atoms. The lowest BCUT2D eigenvalue weighted by atomic mass is 9.95. The first-order valence-electron chi connectivity index (χ1n) is 8.87. The number of carbonyl (C=O) groups is 1. The molecular formula is C21H24N4O. The minimum absolute atomic E-state index is 0.0391. The molecule has 5 nitrogen and oxygen atoms in total. The Kier molecular flexibility index (Phi) is 5.79. The Hall–Kier alpha value is -2.95. The number of aromatic nitrogens is 3. The molecule has 5 heteroatoms. The molecule has 3 rings (SSSR count). The van der Waals surface area contributed by atoms with Gasteiger partial charge in [-0.2, -0.15) is 5.10 Å². The zero-order chi connectivity index (χ0) is 18.4. The monoisotopic (exact) mass is 348 g/mol. The second-order valence-electron chi connectivity index (χ2n) is 6.52. The van der Waals surface area contributed by atoms with Crippen molar-refractivity contribution in [1.29, 1.82) is 0 Å². The van der Waals surface area contributed by atoms with E-state index in [1.165, 1.54) is 17.5 Å². The van der Waals surface area contributed by atoms with E-state index in [0.717, 1.165) is 17.5 Å². The zero-order valence-electron chi connectivity index (χ0n) is 15.2. The third kappa shape index (κ3) is 4.57. The Morgan fingerprint density at radius 1 is 1.08 bits per heavy atom. The first-order chi connectivity index (χ1) is 12.6. The number of aryl methyl sites for hydroxylation is 3. The zero-order valence-corrected chi connectivity index (χ0v) is 15.2. The molecule has 0 aliphatic rings. The summed E-state index contributed by atoms with van der Waals surface area (Å²) in [6.45, 7) is 4.88. The Bertz CT molecular complexity index is 844. The molecule has 1 amide bonds. The van der Waals surface area contributed by atoms with E-state index in [1.54, 1.807) is 11.0 Å². The van der Waals surface area contributed by atoms with Crippen LogP contribution in [0.2, 0.25) is 0 Å². The summed E-state index contributed by atoms with van der Waals surface area (Å²) in [6.07, 6.45) is 4.35. The fourth-order valence-corrected chi connectivity index (χ4v) is 2.93. The summed E-state index contributed by atoms with van der Waals surface area (Å²) in [6, 6.07) is 16.3. The van der Waals surface area contributed by atoms with E-state index in [-0.39, 0.29) is 11.9 Å². The summed E-state index contributed by atoms with van der Waals surface area (Å²) >= 11 is 0. The molecule has 0 radical (unpaired) electrons. The van der Waals surface area contributed by atoms with Crippen molar-refractivity contribution < 1.29 is 4.79 Å². The number of hydrogen-bond donors (Lipinski definition) is 1. The molecular weight excluding hydrogens is 324 g/mol. The van der Waals surface area contributed by atoms with Crippen molar-refractivity contribution in [3.63, 3.8) is 0 Å². The van der Waals surface area contributed by atoms with Crippen LogP contribution in [0.1, 0.15) is 41.1 Å². The van der Waals surface area contributed by atoms with Crippen LogP contribution in [-0.4, -0.2) is 20.7 Å². The predicted octanol–water partition coefficient (Wildman–Crippen LogP) is 3.58. The van der Waals surface area contributed by atoms with E-state index in [1.807, 2.05) is 18.2 Å². The maximum Gasteiger partial charge on any atom is 0.220 e. The topological polar surface area (TPSA) is 59.8 Å². The smallest absolute Gasteiger partial charge is 0.220 e. The number of nitrogens with one attached hydrogen (secondary N) is 1. The third-order valence-electron chi connectivity index (χ3n) is 4.56. The van der Waals surface area contributed by atoms with Crippen LogP contribution < -0.4 is 5.32 Å². The number of carbonyl (C=O) groups excluding carboxylic acids is 1. The Balaban J connectivity index is 1.71. The molecule has 0 fully saturated rings. The number of rotatable bonds is 7. The number of nitrogens with zero attached hydrogens (tertiary/aromatic N) is 3. The van der Waals surface area contributed by atoms with Crippen LogP contribution >= 0.6 is 0 Å². The minimum Gasteiger partial charge on any atom is -0.345 e. The number of hydrogen-bond acceptors (Lipinski definition) is 3. The van der Waals surface area contributed by atoms with Crippen molar-refractivity contribution in [2.75, 3.05) is 0 Å². The Labute approximate surface area is 154 Å². The average Bonchev–Trinajstić information content (AvgIpc) is 3.16. The van der Waals surface area contributed by atoms with Gasteiger partial charge in [-0.25, -0.2) is 4.98 Å². The van der Waals surface area contributed by atoms with Gasteiger partial charge in [-0.05, 0) is 42.5 Å². The van der Waals surface area contributed by atoms with Crippen molar-refractivity contribution in [3.05, 3.63) is 83.4 Å². The second-order valence-corrected chi connectivity index (χ2v) is 6.52. The Morgan fingerprint density at radius 3 is 2.58 bits per heavy atom. The highest BCUT2D eigenvalue weighted by atomic mass is 16.1. The van der Waals surface area contributed by atoms with Crippen LogP contribution in [0.3, 0.4) is 0 Å². The normalized spacial score (nSPS) is 11.9. The van der Waals surface area contributed by atoms with Crippen molar-refractivity contribution in [2.45, 2.75) is 39.3 Å². The van der Waals surface area contributed by atoms with E-state index in [0.29, 0.717) is 13.0 Å². The third-order valence-corrected chi connectivity index (χ3v) is 4.56. The first-order valence-corrected chi connectivity index (χ1v) is 8.87.